The highest BCUT2D eigenvalue weighted by atomic mass is 14.9. The van der Waals surface area contributed by atoms with E-state index in [1.54, 1.807) is 0 Å². The zero-order valence-electron chi connectivity index (χ0n) is 5.67. The third-order valence-corrected chi connectivity index (χ3v) is 2.21. The number of rotatable bonds is 1. The zero-order valence-corrected chi connectivity index (χ0v) is 5.67. The zero-order chi connectivity index (χ0) is 6.27. The molecule has 9 heavy (non-hydrogen) atoms. The number of hydrogen-bond acceptors (Lipinski definition) is 1. The Morgan fingerprint density at radius 1 is 1.67 bits per heavy atom. The summed E-state index contributed by atoms with van der Waals surface area (Å²) in [5.74, 6) is 0.792. The van der Waals surface area contributed by atoms with Crippen molar-refractivity contribution in [1.29, 1.82) is 0 Å². The standard InChI is InChI=1S/C8H11N/c1-2-7-5-6-3-4-8(6)9-7/h3-4,6,8H,2,5H2,1H3/t6-,8-/m1/s1. The third-order valence-electron chi connectivity index (χ3n) is 2.21. The van der Waals surface area contributed by atoms with Crippen LogP contribution in [0.2, 0.25) is 0 Å². The molecule has 0 radical (unpaired) electrons. The Morgan fingerprint density at radius 2 is 2.56 bits per heavy atom. The highest BCUT2D eigenvalue weighted by molar-refractivity contribution is 5.87. The summed E-state index contributed by atoms with van der Waals surface area (Å²) < 4.78 is 0. The van der Waals surface area contributed by atoms with Gasteiger partial charge < -0.3 is 0 Å². The van der Waals surface area contributed by atoms with Gasteiger partial charge in [0.2, 0.25) is 0 Å². The molecule has 1 nitrogen and oxygen atoms in total. The van der Waals surface area contributed by atoms with E-state index in [2.05, 4.69) is 24.1 Å². The fourth-order valence-corrected chi connectivity index (χ4v) is 1.47. The third kappa shape index (κ3) is 0.640. The van der Waals surface area contributed by atoms with Gasteiger partial charge in [0.05, 0.1) is 6.04 Å². The van der Waals surface area contributed by atoms with Crippen LogP contribution in [0.25, 0.3) is 0 Å². The minimum absolute atomic E-state index is 0.583. The Morgan fingerprint density at radius 3 is 2.89 bits per heavy atom. The maximum atomic E-state index is 4.50. The van der Waals surface area contributed by atoms with Gasteiger partial charge in [-0.3, -0.25) is 4.99 Å². The lowest BCUT2D eigenvalue weighted by atomic mass is 9.88. The minimum atomic E-state index is 0.583. The van der Waals surface area contributed by atoms with Gasteiger partial charge in [-0.1, -0.05) is 19.1 Å². The van der Waals surface area contributed by atoms with Crippen LogP contribution < -0.4 is 0 Å². The fourth-order valence-electron chi connectivity index (χ4n) is 1.47. The van der Waals surface area contributed by atoms with Crippen molar-refractivity contribution in [2.24, 2.45) is 10.9 Å². The van der Waals surface area contributed by atoms with Crippen molar-refractivity contribution in [3.8, 4) is 0 Å². The molecule has 0 unspecified atom stereocenters. The quantitative estimate of drug-likeness (QED) is 0.469. The van der Waals surface area contributed by atoms with Crippen LogP contribution in [0.1, 0.15) is 19.8 Å². The van der Waals surface area contributed by atoms with E-state index in [-0.39, 0.29) is 0 Å². The molecule has 1 aliphatic carbocycles. The maximum Gasteiger partial charge on any atom is 0.0745 e. The lowest BCUT2D eigenvalue weighted by Gasteiger charge is -2.17. The van der Waals surface area contributed by atoms with Crippen molar-refractivity contribution in [2.45, 2.75) is 25.8 Å². The maximum absolute atomic E-state index is 4.50. The Hall–Kier alpha value is -0.590. The Balaban J connectivity index is 2.11. The first kappa shape index (κ1) is 5.21. The second-order valence-electron chi connectivity index (χ2n) is 2.79. The SMILES string of the molecule is CCC1=N[C@@H]2C=C[C@@H]2C1. The summed E-state index contributed by atoms with van der Waals surface area (Å²) in [6, 6.07) is 0.583. The minimum Gasteiger partial charge on any atom is -0.286 e. The summed E-state index contributed by atoms with van der Waals surface area (Å²) in [4.78, 5) is 4.50. The van der Waals surface area contributed by atoms with Crippen LogP contribution in [-0.4, -0.2) is 11.8 Å². The molecule has 0 spiro atoms. The predicted molar refractivity (Wildman–Crippen MR) is 38.8 cm³/mol. The molecule has 0 bridgehead atoms. The Kier molecular flexibility index (Phi) is 0.981. The molecule has 48 valence electrons. The van der Waals surface area contributed by atoms with Gasteiger partial charge in [0.1, 0.15) is 0 Å². The summed E-state index contributed by atoms with van der Waals surface area (Å²) in [6.45, 7) is 2.18. The first-order valence-corrected chi connectivity index (χ1v) is 3.64. The number of aliphatic imine (C=N–C) groups is 1. The molecule has 0 aromatic carbocycles. The molecule has 0 amide bonds. The van der Waals surface area contributed by atoms with E-state index in [0.717, 1.165) is 12.3 Å². The fraction of sp³-hybridized carbons (Fsp3) is 0.625. The predicted octanol–water partition coefficient (Wildman–Crippen LogP) is 1.80. The van der Waals surface area contributed by atoms with Crippen LogP contribution in [0.3, 0.4) is 0 Å². The Labute approximate surface area is 55.5 Å². The van der Waals surface area contributed by atoms with Gasteiger partial charge in [0.15, 0.2) is 0 Å². The van der Waals surface area contributed by atoms with Gasteiger partial charge in [-0.15, -0.1) is 0 Å². The summed E-state index contributed by atoms with van der Waals surface area (Å²) in [5.41, 5.74) is 1.41. The number of fused-ring (bicyclic) bond motifs is 1. The molecular weight excluding hydrogens is 110 g/mol. The molecule has 0 fully saturated rings. The van der Waals surface area contributed by atoms with E-state index in [4.69, 9.17) is 0 Å². The van der Waals surface area contributed by atoms with Crippen molar-refractivity contribution >= 4 is 5.71 Å². The lowest BCUT2D eigenvalue weighted by molar-refractivity contribution is 0.585. The normalized spacial score (nSPS) is 37.7. The monoisotopic (exact) mass is 121 g/mol. The molecule has 2 aliphatic rings. The molecular formula is C8H11N. The molecule has 0 aromatic rings. The first-order chi connectivity index (χ1) is 4.40. The molecule has 1 heterocycles. The highest BCUT2D eigenvalue weighted by Gasteiger charge is 2.29. The van der Waals surface area contributed by atoms with Gasteiger partial charge in [-0.25, -0.2) is 0 Å². The van der Waals surface area contributed by atoms with E-state index in [9.17, 15) is 0 Å². The van der Waals surface area contributed by atoms with Gasteiger partial charge in [-0.05, 0) is 12.8 Å². The van der Waals surface area contributed by atoms with Gasteiger partial charge >= 0.3 is 0 Å². The van der Waals surface area contributed by atoms with Gasteiger partial charge in [0, 0.05) is 11.6 Å². The van der Waals surface area contributed by atoms with Crippen LogP contribution >= 0.6 is 0 Å². The van der Waals surface area contributed by atoms with Crippen molar-refractivity contribution < 1.29 is 0 Å². The average Bonchev–Trinajstić information content (AvgIpc) is 2.10. The second kappa shape index (κ2) is 1.69. The van der Waals surface area contributed by atoms with Crippen LogP contribution in [0, 0.1) is 5.92 Å². The summed E-state index contributed by atoms with van der Waals surface area (Å²) in [5, 5.41) is 0. The molecule has 1 heteroatoms. The molecule has 0 N–H and O–H groups in total. The van der Waals surface area contributed by atoms with Crippen molar-refractivity contribution in [3.05, 3.63) is 12.2 Å². The summed E-state index contributed by atoms with van der Waals surface area (Å²) >= 11 is 0. The highest BCUT2D eigenvalue weighted by Crippen LogP contribution is 2.31. The lowest BCUT2D eigenvalue weighted by Crippen LogP contribution is -2.16. The molecule has 2 atom stereocenters. The summed E-state index contributed by atoms with van der Waals surface area (Å²) in [7, 11) is 0. The summed E-state index contributed by atoms with van der Waals surface area (Å²) in [6.07, 6.45) is 6.86. The molecule has 0 saturated carbocycles. The van der Waals surface area contributed by atoms with E-state index < -0.39 is 0 Å². The van der Waals surface area contributed by atoms with Gasteiger partial charge in [-0.2, -0.15) is 0 Å². The average molecular weight is 121 g/mol. The van der Waals surface area contributed by atoms with E-state index in [1.165, 1.54) is 12.1 Å². The molecule has 0 aromatic heterocycles. The largest absolute Gasteiger partial charge is 0.286 e. The van der Waals surface area contributed by atoms with E-state index >= 15 is 0 Å². The first-order valence-electron chi connectivity index (χ1n) is 3.64. The van der Waals surface area contributed by atoms with Crippen molar-refractivity contribution in [3.63, 3.8) is 0 Å². The molecule has 1 aliphatic heterocycles. The van der Waals surface area contributed by atoms with Crippen molar-refractivity contribution in [1.82, 2.24) is 0 Å². The van der Waals surface area contributed by atoms with E-state index in [0.29, 0.717) is 6.04 Å². The van der Waals surface area contributed by atoms with Crippen LogP contribution in [-0.2, 0) is 0 Å². The Bertz CT molecular complexity index is 179. The van der Waals surface area contributed by atoms with Gasteiger partial charge in [0.25, 0.3) is 0 Å². The topological polar surface area (TPSA) is 12.4 Å². The smallest absolute Gasteiger partial charge is 0.0745 e. The number of nitrogens with zero attached hydrogens (tertiary/aromatic N) is 1. The second-order valence-corrected chi connectivity index (χ2v) is 2.79. The van der Waals surface area contributed by atoms with Crippen LogP contribution in [0.5, 0.6) is 0 Å². The van der Waals surface area contributed by atoms with Crippen molar-refractivity contribution in [2.75, 3.05) is 0 Å². The molecule has 2 rings (SSSR count). The van der Waals surface area contributed by atoms with E-state index in [1.807, 2.05) is 0 Å². The number of hydrogen-bond donors (Lipinski definition) is 0. The van der Waals surface area contributed by atoms with Crippen LogP contribution in [0.15, 0.2) is 17.1 Å². The molecule has 0 saturated heterocycles. The van der Waals surface area contributed by atoms with Crippen LogP contribution in [0.4, 0.5) is 0 Å².